The number of ketones is 1. The quantitative estimate of drug-likeness (QED) is 0.476. The van der Waals surface area contributed by atoms with Gasteiger partial charge in [-0.25, -0.2) is 0 Å². The molecule has 0 spiro atoms. The molecule has 2 aliphatic heterocycles. The molecule has 2 saturated heterocycles. The van der Waals surface area contributed by atoms with Gasteiger partial charge in [0.2, 0.25) is 0 Å². The summed E-state index contributed by atoms with van der Waals surface area (Å²) in [5.74, 6) is 0.498. The molecular formula is C8H14NO+. The van der Waals surface area contributed by atoms with E-state index in [1.54, 1.807) is 4.90 Å². The van der Waals surface area contributed by atoms with E-state index >= 15 is 0 Å². The van der Waals surface area contributed by atoms with Crippen LogP contribution in [0.3, 0.4) is 0 Å². The summed E-state index contributed by atoms with van der Waals surface area (Å²) in [4.78, 5) is 12.7. The molecule has 0 aromatic carbocycles. The molecule has 0 saturated carbocycles. The Morgan fingerprint density at radius 1 is 1.30 bits per heavy atom. The number of nitrogens with one attached hydrogen (secondary N) is 1. The fourth-order valence-electron chi connectivity index (χ4n) is 2.35. The summed E-state index contributed by atoms with van der Waals surface area (Å²) in [5.41, 5.74) is 0. The van der Waals surface area contributed by atoms with Gasteiger partial charge in [0, 0.05) is 12.8 Å². The summed E-state index contributed by atoms with van der Waals surface area (Å²) in [6.07, 6.45) is 4.26. The molecule has 0 amide bonds. The zero-order valence-electron chi connectivity index (χ0n) is 6.39. The van der Waals surface area contributed by atoms with Crippen LogP contribution in [-0.2, 0) is 4.79 Å². The van der Waals surface area contributed by atoms with Crippen molar-refractivity contribution >= 4 is 5.78 Å². The Morgan fingerprint density at radius 3 is 2.30 bits per heavy atom. The second kappa shape index (κ2) is 2.06. The predicted octanol–water partition coefficient (Wildman–Crippen LogP) is -0.605. The Hall–Kier alpha value is -0.370. The van der Waals surface area contributed by atoms with E-state index in [4.69, 9.17) is 0 Å². The number of Topliss-reactive ketones (excluding diaryl/α,β-unsaturated/α-hetero) is 1. The third-order valence-electron chi connectivity index (χ3n) is 3.10. The lowest BCUT2D eigenvalue weighted by molar-refractivity contribution is -0.918. The molecule has 2 rings (SSSR count). The summed E-state index contributed by atoms with van der Waals surface area (Å²) in [5, 5.41) is 0. The summed E-state index contributed by atoms with van der Waals surface area (Å²) in [6.45, 7) is 0. The highest BCUT2D eigenvalue weighted by molar-refractivity contribution is 5.80. The average molecular weight is 140 g/mol. The van der Waals surface area contributed by atoms with Crippen molar-refractivity contribution in [3.8, 4) is 0 Å². The van der Waals surface area contributed by atoms with Crippen molar-refractivity contribution in [2.24, 2.45) is 0 Å². The zero-order valence-corrected chi connectivity index (χ0v) is 6.39. The number of piperidine rings is 1. The summed E-state index contributed by atoms with van der Waals surface area (Å²) >= 11 is 0. The monoisotopic (exact) mass is 140 g/mol. The normalized spacial score (nSPS) is 46.1. The number of hydrogen-bond donors (Lipinski definition) is 1. The number of hydrogen-bond acceptors (Lipinski definition) is 1. The lowest BCUT2D eigenvalue weighted by atomic mass is 10.0. The largest absolute Gasteiger partial charge is 0.332 e. The second-order valence-corrected chi connectivity index (χ2v) is 3.66. The summed E-state index contributed by atoms with van der Waals surface area (Å²) < 4.78 is 0. The van der Waals surface area contributed by atoms with Gasteiger partial charge < -0.3 is 4.90 Å². The Kier molecular flexibility index (Phi) is 1.31. The maximum atomic E-state index is 11.1. The van der Waals surface area contributed by atoms with Crippen molar-refractivity contribution in [3.05, 3.63) is 0 Å². The van der Waals surface area contributed by atoms with E-state index in [9.17, 15) is 4.79 Å². The van der Waals surface area contributed by atoms with Gasteiger partial charge in [-0.15, -0.1) is 0 Å². The van der Waals surface area contributed by atoms with Gasteiger partial charge in [0.15, 0.2) is 0 Å². The molecule has 2 heteroatoms. The smallest absolute Gasteiger partial charge is 0.144 e. The minimum Gasteiger partial charge on any atom is -0.332 e. The minimum atomic E-state index is 0.498. The Bertz CT molecular complexity index is 151. The average Bonchev–Trinajstić information content (AvgIpc) is 2.20. The van der Waals surface area contributed by atoms with Crippen LogP contribution in [0.4, 0.5) is 0 Å². The standard InChI is InChI=1S/C8H13NO/c1-9-6-2-3-7(9)5-8(10)4-6/h6-7H,2-5H2,1H3/p+1. The highest BCUT2D eigenvalue weighted by Crippen LogP contribution is 2.18. The zero-order chi connectivity index (χ0) is 7.14. The number of carbonyl (C=O) groups excluding carboxylic acids is 1. The third-order valence-corrected chi connectivity index (χ3v) is 3.10. The van der Waals surface area contributed by atoms with Crippen LogP contribution >= 0.6 is 0 Å². The van der Waals surface area contributed by atoms with Gasteiger partial charge in [0.05, 0.1) is 32.0 Å². The maximum absolute atomic E-state index is 11.1. The molecule has 56 valence electrons. The van der Waals surface area contributed by atoms with Gasteiger partial charge in [-0.2, -0.15) is 0 Å². The molecule has 2 unspecified atom stereocenters. The molecule has 0 aromatic rings. The van der Waals surface area contributed by atoms with Gasteiger partial charge in [-0.05, 0) is 0 Å². The molecule has 2 atom stereocenters. The lowest BCUT2D eigenvalue weighted by Crippen LogP contribution is -3.15. The molecule has 2 nitrogen and oxygen atoms in total. The van der Waals surface area contributed by atoms with Crippen molar-refractivity contribution in [1.82, 2.24) is 0 Å². The molecule has 1 N–H and O–H groups in total. The van der Waals surface area contributed by atoms with Gasteiger partial charge in [-0.3, -0.25) is 4.79 Å². The second-order valence-electron chi connectivity index (χ2n) is 3.66. The van der Waals surface area contributed by atoms with Crippen LogP contribution in [0.15, 0.2) is 0 Å². The number of carbonyl (C=O) groups is 1. The Labute approximate surface area is 61.2 Å². The van der Waals surface area contributed by atoms with E-state index in [0.29, 0.717) is 17.9 Å². The Morgan fingerprint density at radius 2 is 1.80 bits per heavy atom. The van der Waals surface area contributed by atoms with Crippen molar-refractivity contribution in [3.63, 3.8) is 0 Å². The van der Waals surface area contributed by atoms with E-state index in [0.717, 1.165) is 12.8 Å². The number of rotatable bonds is 0. The molecule has 2 fully saturated rings. The van der Waals surface area contributed by atoms with Crippen molar-refractivity contribution < 1.29 is 9.69 Å². The van der Waals surface area contributed by atoms with Crippen LogP contribution in [0.5, 0.6) is 0 Å². The molecule has 10 heavy (non-hydrogen) atoms. The molecular weight excluding hydrogens is 126 g/mol. The highest BCUT2D eigenvalue weighted by Gasteiger charge is 2.41. The van der Waals surface area contributed by atoms with Crippen LogP contribution in [0.2, 0.25) is 0 Å². The molecule has 0 aromatic heterocycles. The van der Waals surface area contributed by atoms with E-state index < -0.39 is 0 Å². The first-order valence-corrected chi connectivity index (χ1v) is 4.12. The van der Waals surface area contributed by atoms with Gasteiger partial charge >= 0.3 is 0 Å². The molecule has 0 aliphatic carbocycles. The Balaban J connectivity index is 2.16. The van der Waals surface area contributed by atoms with E-state index in [2.05, 4.69) is 7.05 Å². The van der Waals surface area contributed by atoms with Crippen LogP contribution < -0.4 is 4.90 Å². The summed E-state index contributed by atoms with van der Waals surface area (Å²) in [6, 6.07) is 1.34. The van der Waals surface area contributed by atoms with E-state index in [1.165, 1.54) is 12.8 Å². The van der Waals surface area contributed by atoms with Gasteiger partial charge in [-0.1, -0.05) is 0 Å². The third kappa shape index (κ3) is 0.788. The molecule has 2 heterocycles. The first kappa shape index (κ1) is 6.35. The molecule has 0 radical (unpaired) electrons. The van der Waals surface area contributed by atoms with Crippen LogP contribution in [0.1, 0.15) is 25.7 Å². The fourth-order valence-corrected chi connectivity index (χ4v) is 2.35. The van der Waals surface area contributed by atoms with Gasteiger partial charge in [0.1, 0.15) is 5.78 Å². The molecule has 2 bridgehead atoms. The van der Waals surface area contributed by atoms with E-state index in [1.807, 2.05) is 0 Å². The minimum absolute atomic E-state index is 0.498. The van der Waals surface area contributed by atoms with Crippen molar-refractivity contribution in [1.29, 1.82) is 0 Å². The SMILES string of the molecule is C[NH+]1C2CCC1CC(=O)C2. The maximum Gasteiger partial charge on any atom is 0.144 e. The van der Waals surface area contributed by atoms with Crippen LogP contribution in [0, 0.1) is 0 Å². The van der Waals surface area contributed by atoms with Crippen LogP contribution in [-0.4, -0.2) is 24.9 Å². The lowest BCUT2D eigenvalue weighted by Gasteiger charge is -2.26. The number of quaternary nitrogens is 1. The predicted molar refractivity (Wildman–Crippen MR) is 37.9 cm³/mol. The number of fused-ring (bicyclic) bond motifs is 2. The first-order valence-electron chi connectivity index (χ1n) is 4.12. The van der Waals surface area contributed by atoms with Crippen molar-refractivity contribution in [2.75, 3.05) is 7.05 Å². The molecule has 2 aliphatic rings. The van der Waals surface area contributed by atoms with E-state index in [-0.39, 0.29) is 0 Å². The summed E-state index contributed by atoms with van der Waals surface area (Å²) in [7, 11) is 2.23. The van der Waals surface area contributed by atoms with Crippen molar-refractivity contribution in [2.45, 2.75) is 37.8 Å². The topological polar surface area (TPSA) is 21.5 Å². The van der Waals surface area contributed by atoms with Gasteiger partial charge in [0.25, 0.3) is 0 Å². The first-order chi connectivity index (χ1) is 4.77. The fraction of sp³-hybridized carbons (Fsp3) is 0.875. The van der Waals surface area contributed by atoms with Crippen LogP contribution in [0.25, 0.3) is 0 Å². The highest BCUT2D eigenvalue weighted by atomic mass is 16.1.